The van der Waals surface area contributed by atoms with Crippen LogP contribution in [0.15, 0.2) is 18.2 Å². The van der Waals surface area contributed by atoms with E-state index in [1.807, 2.05) is 6.07 Å². The average molecular weight is 359 g/mol. The van der Waals surface area contributed by atoms with Gasteiger partial charge in [0, 0.05) is 6.04 Å². The van der Waals surface area contributed by atoms with Crippen LogP contribution in [-0.4, -0.2) is 6.04 Å². The number of halogens is 2. The monoisotopic (exact) mass is 359 g/mol. The van der Waals surface area contributed by atoms with Gasteiger partial charge in [0.2, 0.25) is 0 Å². The molecule has 1 aromatic rings. The van der Waals surface area contributed by atoms with E-state index in [4.69, 9.17) is 0 Å². The van der Waals surface area contributed by atoms with Crippen molar-refractivity contribution in [3.8, 4) is 0 Å². The molecule has 1 aromatic carbocycles. The molecule has 0 radical (unpaired) electrons. The van der Waals surface area contributed by atoms with Crippen LogP contribution < -0.4 is 5.32 Å². The van der Waals surface area contributed by atoms with E-state index in [-0.39, 0.29) is 5.82 Å². The number of hydrogen-bond acceptors (Lipinski definition) is 1. The smallest absolute Gasteiger partial charge is 0.138 e. The first-order valence-electron chi connectivity index (χ1n) is 6.92. The molecule has 18 heavy (non-hydrogen) atoms. The maximum absolute atomic E-state index is 13.5. The van der Waals surface area contributed by atoms with Crippen LogP contribution in [0.3, 0.4) is 0 Å². The Hall–Kier alpha value is -0.320. The van der Waals surface area contributed by atoms with Crippen LogP contribution in [0.2, 0.25) is 0 Å². The largest absolute Gasteiger partial charge is 0.381 e. The van der Waals surface area contributed by atoms with Crippen molar-refractivity contribution < 1.29 is 4.39 Å². The highest BCUT2D eigenvalue weighted by Gasteiger charge is 2.46. The van der Waals surface area contributed by atoms with Crippen LogP contribution in [-0.2, 0) is 0 Å². The second-order valence-corrected chi connectivity index (χ2v) is 6.84. The predicted molar refractivity (Wildman–Crippen MR) is 81.3 cm³/mol. The summed E-state index contributed by atoms with van der Waals surface area (Å²) in [6.45, 7) is 0. The van der Waals surface area contributed by atoms with Crippen LogP contribution in [0.5, 0.6) is 0 Å². The SMILES string of the molecule is Fc1cccc(NC2CCC23CCCCC3)c1I. The highest BCUT2D eigenvalue weighted by Crippen LogP contribution is 2.52. The molecule has 1 unspecified atom stereocenters. The Morgan fingerprint density at radius 2 is 1.94 bits per heavy atom. The van der Waals surface area contributed by atoms with Crippen molar-refractivity contribution in [3.05, 3.63) is 27.6 Å². The zero-order chi connectivity index (χ0) is 12.6. The molecular weight excluding hydrogens is 340 g/mol. The normalized spacial score (nSPS) is 25.8. The van der Waals surface area contributed by atoms with Gasteiger partial charge in [-0.2, -0.15) is 0 Å². The van der Waals surface area contributed by atoms with Gasteiger partial charge in [0.1, 0.15) is 5.82 Å². The first-order chi connectivity index (χ1) is 8.71. The summed E-state index contributed by atoms with van der Waals surface area (Å²) >= 11 is 2.10. The molecule has 1 atom stereocenters. The summed E-state index contributed by atoms with van der Waals surface area (Å²) in [6.07, 6.45) is 9.46. The van der Waals surface area contributed by atoms with E-state index in [0.29, 0.717) is 11.5 Å². The molecule has 0 heterocycles. The molecule has 2 aliphatic rings. The van der Waals surface area contributed by atoms with Crippen molar-refractivity contribution in [3.63, 3.8) is 0 Å². The molecule has 1 nitrogen and oxygen atoms in total. The van der Waals surface area contributed by atoms with Crippen molar-refractivity contribution in [2.75, 3.05) is 5.32 Å². The number of anilines is 1. The Labute approximate surface area is 122 Å². The van der Waals surface area contributed by atoms with Crippen LogP contribution in [0.1, 0.15) is 44.9 Å². The quantitative estimate of drug-likeness (QED) is 0.737. The van der Waals surface area contributed by atoms with E-state index in [1.165, 1.54) is 51.0 Å². The van der Waals surface area contributed by atoms with E-state index in [2.05, 4.69) is 27.9 Å². The van der Waals surface area contributed by atoms with Gasteiger partial charge in [0.15, 0.2) is 0 Å². The topological polar surface area (TPSA) is 12.0 Å². The summed E-state index contributed by atoms with van der Waals surface area (Å²) in [5.41, 5.74) is 1.50. The third-order valence-electron chi connectivity index (χ3n) is 4.80. The summed E-state index contributed by atoms with van der Waals surface area (Å²) in [4.78, 5) is 0. The predicted octanol–water partition coefficient (Wildman–Crippen LogP) is 4.96. The maximum atomic E-state index is 13.5. The zero-order valence-corrected chi connectivity index (χ0v) is 12.7. The van der Waals surface area contributed by atoms with E-state index in [1.54, 1.807) is 6.07 Å². The van der Waals surface area contributed by atoms with Gasteiger partial charge in [-0.1, -0.05) is 25.3 Å². The molecule has 1 spiro atoms. The van der Waals surface area contributed by atoms with Crippen molar-refractivity contribution in [1.29, 1.82) is 0 Å². The van der Waals surface area contributed by atoms with Gasteiger partial charge < -0.3 is 5.32 Å². The van der Waals surface area contributed by atoms with Gasteiger partial charge >= 0.3 is 0 Å². The van der Waals surface area contributed by atoms with Crippen molar-refractivity contribution >= 4 is 28.3 Å². The molecule has 0 saturated heterocycles. The first kappa shape index (κ1) is 12.7. The maximum Gasteiger partial charge on any atom is 0.138 e. The van der Waals surface area contributed by atoms with Crippen molar-refractivity contribution in [2.45, 2.75) is 51.0 Å². The molecule has 3 rings (SSSR count). The Bertz CT molecular complexity index is 440. The summed E-state index contributed by atoms with van der Waals surface area (Å²) in [6, 6.07) is 5.89. The molecule has 2 aliphatic carbocycles. The number of hydrogen-bond donors (Lipinski definition) is 1. The third-order valence-corrected chi connectivity index (χ3v) is 5.90. The third kappa shape index (κ3) is 2.15. The standard InChI is InChI=1S/C15H19FIN/c16-11-5-4-6-12(14(11)17)18-13-7-10-15(13)8-2-1-3-9-15/h4-6,13,18H,1-3,7-10H2. The number of rotatable bonds is 2. The molecule has 0 bridgehead atoms. The Morgan fingerprint density at radius 1 is 1.17 bits per heavy atom. The lowest BCUT2D eigenvalue weighted by Crippen LogP contribution is -2.50. The second-order valence-electron chi connectivity index (χ2n) is 5.76. The van der Waals surface area contributed by atoms with E-state index >= 15 is 0 Å². The minimum atomic E-state index is -0.113. The summed E-state index contributed by atoms with van der Waals surface area (Å²) in [5, 5.41) is 3.60. The van der Waals surface area contributed by atoms with Crippen molar-refractivity contribution in [1.82, 2.24) is 0 Å². The lowest BCUT2D eigenvalue weighted by atomic mass is 9.57. The van der Waals surface area contributed by atoms with Gasteiger partial charge in [-0.3, -0.25) is 0 Å². The number of nitrogens with one attached hydrogen (secondary N) is 1. The summed E-state index contributed by atoms with van der Waals surface area (Å²) in [7, 11) is 0. The van der Waals surface area contributed by atoms with Crippen LogP contribution in [0.4, 0.5) is 10.1 Å². The average Bonchev–Trinajstić information content (AvgIpc) is 2.40. The summed E-state index contributed by atoms with van der Waals surface area (Å²) in [5.74, 6) is -0.113. The first-order valence-corrected chi connectivity index (χ1v) is 8.00. The lowest BCUT2D eigenvalue weighted by Gasteiger charge is -2.52. The van der Waals surface area contributed by atoms with Gasteiger partial charge in [0.25, 0.3) is 0 Å². The van der Waals surface area contributed by atoms with E-state index < -0.39 is 0 Å². The molecule has 0 amide bonds. The molecule has 3 heteroatoms. The highest BCUT2D eigenvalue weighted by atomic mass is 127. The highest BCUT2D eigenvalue weighted by molar-refractivity contribution is 14.1. The lowest BCUT2D eigenvalue weighted by molar-refractivity contribution is 0.0571. The van der Waals surface area contributed by atoms with Gasteiger partial charge in [-0.05, 0) is 65.8 Å². The van der Waals surface area contributed by atoms with Gasteiger partial charge in [-0.15, -0.1) is 0 Å². The van der Waals surface area contributed by atoms with Gasteiger partial charge in [-0.25, -0.2) is 4.39 Å². The van der Waals surface area contributed by atoms with Crippen molar-refractivity contribution in [2.24, 2.45) is 5.41 Å². The fourth-order valence-electron chi connectivity index (χ4n) is 3.58. The molecule has 2 fully saturated rings. The fourth-order valence-corrected chi connectivity index (χ4v) is 4.09. The Balaban J connectivity index is 1.75. The molecule has 98 valence electrons. The molecule has 1 N–H and O–H groups in total. The molecule has 2 saturated carbocycles. The van der Waals surface area contributed by atoms with Gasteiger partial charge in [0.05, 0.1) is 9.26 Å². The zero-order valence-electron chi connectivity index (χ0n) is 10.5. The minimum Gasteiger partial charge on any atom is -0.381 e. The Morgan fingerprint density at radius 3 is 2.61 bits per heavy atom. The number of benzene rings is 1. The van der Waals surface area contributed by atoms with Crippen LogP contribution >= 0.6 is 22.6 Å². The van der Waals surface area contributed by atoms with Crippen LogP contribution in [0.25, 0.3) is 0 Å². The fraction of sp³-hybridized carbons (Fsp3) is 0.600. The molecule has 0 aromatic heterocycles. The summed E-state index contributed by atoms with van der Waals surface area (Å²) < 4.78 is 14.3. The van der Waals surface area contributed by atoms with E-state index in [0.717, 1.165) is 9.26 Å². The second kappa shape index (κ2) is 4.99. The van der Waals surface area contributed by atoms with Crippen LogP contribution in [0, 0.1) is 14.8 Å². The van der Waals surface area contributed by atoms with E-state index in [9.17, 15) is 4.39 Å². The minimum absolute atomic E-state index is 0.113. The Kier molecular flexibility index (Phi) is 3.52. The molecular formula is C15H19FIN. The molecule has 0 aliphatic heterocycles.